The van der Waals surface area contributed by atoms with Gasteiger partial charge in [-0.1, -0.05) is 41.2 Å². The van der Waals surface area contributed by atoms with Crippen LogP contribution in [0.25, 0.3) is 16.0 Å². The van der Waals surface area contributed by atoms with E-state index in [1.54, 1.807) is 43.3 Å². The first-order valence-corrected chi connectivity index (χ1v) is 13.1. The lowest BCUT2D eigenvalue weighted by Gasteiger charge is -2.23. The van der Waals surface area contributed by atoms with Crippen molar-refractivity contribution >= 4 is 44.1 Å². The van der Waals surface area contributed by atoms with E-state index in [-0.39, 0.29) is 38.8 Å². The summed E-state index contributed by atoms with van der Waals surface area (Å²) in [6.07, 6.45) is 0. The Bertz CT molecular complexity index is 1650. The molecule has 1 N–H and O–H groups in total. The van der Waals surface area contributed by atoms with Gasteiger partial charge in [-0.25, -0.2) is 13.8 Å². The van der Waals surface area contributed by atoms with Crippen molar-refractivity contribution < 1.29 is 33.0 Å². The Hall–Kier alpha value is -4.31. The van der Waals surface area contributed by atoms with E-state index >= 15 is 0 Å². The van der Waals surface area contributed by atoms with Crippen LogP contribution in [0.1, 0.15) is 36.6 Å². The highest BCUT2D eigenvalue weighted by Gasteiger charge is 2.48. The Morgan fingerprint density at radius 2 is 1.82 bits per heavy atom. The van der Waals surface area contributed by atoms with Crippen molar-refractivity contribution in [2.75, 3.05) is 18.1 Å². The summed E-state index contributed by atoms with van der Waals surface area (Å²) in [6.45, 7) is 6.16. The molecule has 7 nitrogen and oxygen atoms in total. The summed E-state index contributed by atoms with van der Waals surface area (Å²) in [5, 5.41) is 11.6. The van der Waals surface area contributed by atoms with Gasteiger partial charge in [0.1, 0.15) is 28.6 Å². The summed E-state index contributed by atoms with van der Waals surface area (Å²) >= 11 is 0.876. The number of hydrogen-bond donors (Lipinski definition) is 1. The van der Waals surface area contributed by atoms with Crippen molar-refractivity contribution in [3.63, 3.8) is 0 Å². The lowest BCUT2D eigenvalue weighted by Crippen LogP contribution is -2.29. The lowest BCUT2D eigenvalue weighted by molar-refractivity contribution is -0.132. The Labute approximate surface area is 226 Å². The van der Waals surface area contributed by atoms with E-state index in [0.29, 0.717) is 24.0 Å². The number of anilines is 1. The van der Waals surface area contributed by atoms with Crippen LogP contribution in [0, 0.1) is 18.6 Å². The van der Waals surface area contributed by atoms with Crippen LogP contribution in [0.3, 0.4) is 0 Å². The van der Waals surface area contributed by atoms with Crippen molar-refractivity contribution in [3.8, 4) is 11.5 Å². The predicted molar refractivity (Wildman–Crippen MR) is 144 cm³/mol. The Kier molecular flexibility index (Phi) is 7.05. The number of aliphatic hydroxyl groups excluding tert-OH is 1. The van der Waals surface area contributed by atoms with Crippen LogP contribution in [-0.4, -0.2) is 35.0 Å². The standard InChI is InChI=1S/C29H24F2N2O5S/c1-4-37-18-9-10-19(21(14-18)38-5-2)26(34)23-25(16-8-6-7-15(3)11-16)33(28(36)27(23)35)29-32-24-20(31)12-17(30)13-22(24)39-29/h6-14,25,34H,4-5H2,1-3H3/b26-23+. The number of hydrogen-bond acceptors (Lipinski definition) is 7. The van der Waals surface area contributed by atoms with Gasteiger partial charge < -0.3 is 14.6 Å². The molecular formula is C29H24F2N2O5S. The zero-order valence-corrected chi connectivity index (χ0v) is 22.1. The molecule has 5 rings (SSSR count). The Morgan fingerprint density at radius 3 is 2.54 bits per heavy atom. The van der Waals surface area contributed by atoms with E-state index in [1.807, 2.05) is 19.9 Å². The van der Waals surface area contributed by atoms with Gasteiger partial charge in [0, 0.05) is 12.1 Å². The molecule has 0 saturated carbocycles. The van der Waals surface area contributed by atoms with Crippen LogP contribution in [0.4, 0.5) is 13.9 Å². The molecule has 0 spiro atoms. The third-order valence-corrected chi connectivity index (χ3v) is 7.23. The number of rotatable bonds is 7. The average molecular weight is 551 g/mol. The van der Waals surface area contributed by atoms with Crippen molar-refractivity contribution in [2.24, 2.45) is 0 Å². The van der Waals surface area contributed by atoms with E-state index in [9.17, 15) is 23.5 Å². The molecule has 1 amide bonds. The summed E-state index contributed by atoms with van der Waals surface area (Å²) < 4.78 is 39.8. The van der Waals surface area contributed by atoms with E-state index in [1.165, 1.54) is 0 Å². The number of benzene rings is 3. The van der Waals surface area contributed by atoms with Crippen LogP contribution in [0.2, 0.25) is 0 Å². The molecular weight excluding hydrogens is 526 g/mol. The summed E-state index contributed by atoms with van der Waals surface area (Å²) in [4.78, 5) is 32.4. The van der Waals surface area contributed by atoms with Gasteiger partial charge in [0.2, 0.25) is 0 Å². The Morgan fingerprint density at radius 1 is 1.05 bits per heavy atom. The van der Waals surface area contributed by atoms with Gasteiger partial charge in [0.15, 0.2) is 10.9 Å². The van der Waals surface area contributed by atoms with Crippen LogP contribution in [-0.2, 0) is 9.59 Å². The van der Waals surface area contributed by atoms with Gasteiger partial charge >= 0.3 is 5.91 Å². The highest BCUT2D eigenvalue weighted by molar-refractivity contribution is 7.22. The molecule has 200 valence electrons. The minimum absolute atomic E-state index is 0.00104. The van der Waals surface area contributed by atoms with Gasteiger partial charge in [-0.05, 0) is 44.5 Å². The number of aromatic nitrogens is 1. The highest BCUT2D eigenvalue weighted by atomic mass is 32.1. The summed E-state index contributed by atoms with van der Waals surface area (Å²) in [5.74, 6) is -3.22. The van der Waals surface area contributed by atoms with Crippen LogP contribution >= 0.6 is 11.3 Å². The number of nitrogens with zero attached hydrogens (tertiary/aromatic N) is 2. The first-order chi connectivity index (χ1) is 18.7. The number of carbonyl (C=O) groups excluding carboxylic acids is 2. The molecule has 1 saturated heterocycles. The number of amides is 1. The molecule has 0 aliphatic carbocycles. The quantitative estimate of drug-likeness (QED) is 0.165. The molecule has 1 atom stereocenters. The van der Waals surface area contributed by atoms with Crippen molar-refractivity contribution in [1.82, 2.24) is 4.98 Å². The van der Waals surface area contributed by atoms with Crippen molar-refractivity contribution in [1.29, 1.82) is 0 Å². The van der Waals surface area contributed by atoms with Crippen molar-refractivity contribution in [3.05, 3.63) is 88.5 Å². The molecule has 0 bridgehead atoms. The maximum Gasteiger partial charge on any atom is 0.301 e. The van der Waals surface area contributed by atoms with Gasteiger partial charge in [0.25, 0.3) is 5.78 Å². The molecule has 1 unspecified atom stereocenters. The highest BCUT2D eigenvalue weighted by Crippen LogP contribution is 2.45. The maximum absolute atomic E-state index is 14.5. The number of ether oxygens (including phenoxy) is 2. The minimum atomic E-state index is -1.08. The first-order valence-electron chi connectivity index (χ1n) is 12.3. The molecule has 3 aromatic carbocycles. The number of aliphatic hydroxyl groups is 1. The number of Topliss-reactive ketones (excluding diaryl/α,β-unsaturated/α-hetero) is 1. The number of thiazole rings is 1. The van der Waals surface area contributed by atoms with E-state index < -0.39 is 35.1 Å². The molecule has 2 heterocycles. The molecule has 10 heteroatoms. The van der Waals surface area contributed by atoms with Crippen LogP contribution in [0.15, 0.2) is 60.2 Å². The second kappa shape index (κ2) is 10.5. The zero-order chi connectivity index (χ0) is 27.8. The molecule has 4 aromatic rings. The fraction of sp³-hybridized carbons (Fsp3) is 0.207. The van der Waals surface area contributed by atoms with Gasteiger partial charge in [-0.2, -0.15) is 0 Å². The molecule has 1 aliphatic heterocycles. The monoisotopic (exact) mass is 550 g/mol. The molecule has 39 heavy (non-hydrogen) atoms. The van der Waals surface area contributed by atoms with Crippen LogP contribution in [0.5, 0.6) is 11.5 Å². The molecule has 0 radical (unpaired) electrons. The summed E-state index contributed by atoms with van der Waals surface area (Å²) in [6, 6.07) is 12.7. The van der Waals surface area contributed by atoms with Gasteiger partial charge in [-0.3, -0.25) is 14.5 Å². The van der Waals surface area contributed by atoms with Gasteiger partial charge in [0.05, 0.1) is 35.1 Å². The smallest absolute Gasteiger partial charge is 0.301 e. The number of halogens is 2. The second-order valence-corrected chi connectivity index (χ2v) is 9.85. The first kappa shape index (κ1) is 26.3. The minimum Gasteiger partial charge on any atom is -0.507 e. The summed E-state index contributed by atoms with van der Waals surface area (Å²) in [5.41, 5.74) is 1.29. The summed E-state index contributed by atoms with van der Waals surface area (Å²) in [7, 11) is 0. The largest absolute Gasteiger partial charge is 0.507 e. The SMILES string of the molecule is CCOc1ccc(/C(O)=C2\C(=O)C(=O)N(c3nc4c(F)cc(F)cc4s3)C2c2cccc(C)c2)c(OCC)c1. The fourth-order valence-electron chi connectivity index (χ4n) is 4.61. The number of aryl methyl sites for hydroxylation is 1. The molecule has 1 aromatic heterocycles. The third-order valence-electron chi connectivity index (χ3n) is 6.23. The maximum atomic E-state index is 14.5. The van der Waals surface area contributed by atoms with E-state index in [0.717, 1.165) is 27.9 Å². The topological polar surface area (TPSA) is 89.0 Å². The third kappa shape index (κ3) is 4.72. The van der Waals surface area contributed by atoms with E-state index in [2.05, 4.69) is 4.98 Å². The number of fused-ring (bicyclic) bond motifs is 1. The molecule has 1 fully saturated rings. The number of ketones is 1. The average Bonchev–Trinajstić information content (AvgIpc) is 3.43. The van der Waals surface area contributed by atoms with E-state index in [4.69, 9.17) is 9.47 Å². The second-order valence-electron chi connectivity index (χ2n) is 8.84. The molecule has 1 aliphatic rings. The predicted octanol–water partition coefficient (Wildman–Crippen LogP) is 6.31. The van der Waals surface area contributed by atoms with Crippen LogP contribution < -0.4 is 14.4 Å². The lowest BCUT2D eigenvalue weighted by atomic mass is 9.94. The fourth-order valence-corrected chi connectivity index (χ4v) is 5.64. The normalized spacial score (nSPS) is 16.7. The van der Waals surface area contributed by atoms with Crippen molar-refractivity contribution in [2.45, 2.75) is 26.8 Å². The Balaban J connectivity index is 1.74. The number of carbonyl (C=O) groups is 2. The van der Waals surface area contributed by atoms with Gasteiger partial charge in [-0.15, -0.1) is 0 Å². The zero-order valence-electron chi connectivity index (χ0n) is 21.3.